The Labute approximate surface area is 181 Å². The van der Waals surface area contributed by atoms with Gasteiger partial charge in [-0.05, 0) is 50.3 Å². The molecule has 1 saturated heterocycles. The summed E-state index contributed by atoms with van der Waals surface area (Å²) >= 11 is 10.9. The second kappa shape index (κ2) is 5.80. The average Bonchev–Trinajstić information content (AvgIpc) is 3.01. The predicted octanol–water partition coefficient (Wildman–Crippen LogP) is 5.20. The summed E-state index contributed by atoms with van der Waals surface area (Å²) in [5.41, 5.74) is 4.57. The van der Waals surface area contributed by atoms with Crippen LogP contribution in [0, 0.1) is 11.8 Å². The van der Waals surface area contributed by atoms with Gasteiger partial charge in [0.2, 0.25) is 11.8 Å². The lowest BCUT2D eigenvalue weighted by atomic mass is 9.54. The van der Waals surface area contributed by atoms with Gasteiger partial charge >= 0.3 is 0 Å². The van der Waals surface area contributed by atoms with Gasteiger partial charge in [-0.2, -0.15) is 0 Å². The summed E-state index contributed by atoms with van der Waals surface area (Å²) in [6, 6.07) is 23.3. The molecule has 1 fully saturated rings. The van der Waals surface area contributed by atoms with Crippen LogP contribution in [0.3, 0.4) is 0 Å². The zero-order valence-corrected chi connectivity index (χ0v) is 17.5. The highest BCUT2D eigenvalue weighted by molar-refractivity contribution is 9.10. The molecular formula is C24H15BrClNO2. The van der Waals surface area contributed by atoms with Crippen molar-refractivity contribution in [2.45, 2.75) is 10.8 Å². The molecule has 0 unspecified atom stereocenters. The number of carbonyl (C=O) groups excluding carboxylic acids is 2. The number of carbonyl (C=O) groups is 2. The highest BCUT2D eigenvalue weighted by Gasteiger charge is 2.68. The second-order valence-electron chi connectivity index (χ2n) is 7.83. The Morgan fingerprint density at radius 2 is 1.34 bits per heavy atom. The number of anilines is 1. The molecule has 5 heteroatoms. The molecule has 0 saturated carbocycles. The molecule has 29 heavy (non-hydrogen) atoms. The Hall–Kier alpha value is -2.43. The maximum absolute atomic E-state index is 13.7. The first-order valence-corrected chi connectivity index (χ1v) is 10.7. The number of hydrogen-bond acceptors (Lipinski definition) is 2. The molecule has 3 aliphatic carbocycles. The van der Waals surface area contributed by atoms with Crippen molar-refractivity contribution in [2.24, 2.45) is 11.8 Å². The van der Waals surface area contributed by atoms with Crippen LogP contribution in [-0.4, -0.2) is 11.8 Å². The van der Waals surface area contributed by atoms with Gasteiger partial charge in [-0.1, -0.05) is 60.7 Å². The summed E-state index contributed by atoms with van der Waals surface area (Å²) in [4.78, 5) is 27.7. The summed E-state index contributed by atoms with van der Waals surface area (Å²) in [6.07, 6.45) is 0. The molecular weight excluding hydrogens is 450 g/mol. The van der Waals surface area contributed by atoms with E-state index in [0.717, 1.165) is 22.3 Å². The number of amides is 2. The van der Waals surface area contributed by atoms with Crippen LogP contribution in [0.1, 0.15) is 28.2 Å². The predicted molar refractivity (Wildman–Crippen MR) is 115 cm³/mol. The molecule has 2 bridgehead atoms. The standard InChI is InChI=1S/C24H15BrClNO2/c25-17-11-5-6-12-18(17)27-22(28)20-19-13-7-1-3-9-15(13)24(26,21(20)23(27)29)16-10-4-2-8-14(16)19/h1-12,19-21H/t19?,20-,21-,24?/m0/s1. The maximum atomic E-state index is 13.7. The van der Waals surface area contributed by atoms with Crippen LogP contribution in [0.25, 0.3) is 0 Å². The van der Waals surface area contributed by atoms with E-state index in [1.807, 2.05) is 66.7 Å². The molecule has 1 aliphatic heterocycles. The molecule has 0 spiro atoms. The molecule has 4 aliphatic rings. The van der Waals surface area contributed by atoms with Crippen LogP contribution < -0.4 is 4.90 Å². The van der Waals surface area contributed by atoms with E-state index in [1.54, 1.807) is 6.07 Å². The normalized spacial score (nSPS) is 28.9. The SMILES string of the molecule is O=C1[C@@H]2[C@@H](C(=O)N1c1ccccc1Br)C1c3ccccc3C2(Cl)c2ccccc21. The third-order valence-corrected chi connectivity index (χ3v) is 7.92. The monoisotopic (exact) mass is 463 g/mol. The van der Waals surface area contributed by atoms with Gasteiger partial charge in [0.25, 0.3) is 0 Å². The Kier molecular flexibility index (Phi) is 3.49. The van der Waals surface area contributed by atoms with E-state index in [4.69, 9.17) is 11.6 Å². The summed E-state index contributed by atoms with van der Waals surface area (Å²) in [5, 5.41) is 0. The molecule has 0 N–H and O–H groups in total. The van der Waals surface area contributed by atoms with E-state index in [1.165, 1.54) is 4.90 Å². The Morgan fingerprint density at radius 1 is 0.793 bits per heavy atom. The minimum absolute atomic E-state index is 0.169. The van der Waals surface area contributed by atoms with Crippen molar-refractivity contribution in [1.82, 2.24) is 0 Å². The van der Waals surface area contributed by atoms with Crippen molar-refractivity contribution in [3.63, 3.8) is 0 Å². The van der Waals surface area contributed by atoms with E-state index in [-0.39, 0.29) is 17.7 Å². The number of nitrogens with zero attached hydrogens (tertiary/aromatic N) is 1. The van der Waals surface area contributed by atoms with E-state index < -0.39 is 16.7 Å². The van der Waals surface area contributed by atoms with Crippen LogP contribution in [0.4, 0.5) is 5.69 Å². The third-order valence-electron chi connectivity index (χ3n) is 6.61. The molecule has 3 aromatic carbocycles. The first-order chi connectivity index (χ1) is 14.0. The van der Waals surface area contributed by atoms with Gasteiger partial charge in [0.05, 0.1) is 17.5 Å². The minimum atomic E-state index is -1.05. The molecule has 0 radical (unpaired) electrons. The molecule has 142 valence electrons. The Bertz CT molecular complexity index is 1180. The smallest absolute Gasteiger partial charge is 0.240 e. The number of hydrogen-bond donors (Lipinski definition) is 0. The molecule has 2 amide bonds. The van der Waals surface area contributed by atoms with Crippen LogP contribution in [-0.2, 0) is 14.5 Å². The summed E-state index contributed by atoms with van der Waals surface area (Å²) in [5.74, 6) is -1.70. The van der Waals surface area contributed by atoms with Crippen LogP contribution in [0.5, 0.6) is 0 Å². The number of imide groups is 1. The van der Waals surface area contributed by atoms with Crippen molar-refractivity contribution in [1.29, 1.82) is 0 Å². The van der Waals surface area contributed by atoms with Gasteiger partial charge in [0.1, 0.15) is 4.87 Å². The lowest BCUT2D eigenvalue weighted by Gasteiger charge is -2.50. The van der Waals surface area contributed by atoms with Crippen molar-refractivity contribution in [3.05, 3.63) is 99.5 Å². The van der Waals surface area contributed by atoms with E-state index in [9.17, 15) is 9.59 Å². The molecule has 0 aromatic heterocycles. The van der Waals surface area contributed by atoms with Crippen molar-refractivity contribution < 1.29 is 9.59 Å². The summed E-state index contributed by atoms with van der Waals surface area (Å²) < 4.78 is 0.714. The fourth-order valence-electron chi connectivity index (χ4n) is 5.55. The zero-order chi connectivity index (χ0) is 19.9. The number of alkyl halides is 1. The number of halogens is 2. The topological polar surface area (TPSA) is 37.4 Å². The highest BCUT2D eigenvalue weighted by atomic mass is 79.9. The van der Waals surface area contributed by atoms with Crippen molar-refractivity contribution >= 4 is 45.0 Å². The van der Waals surface area contributed by atoms with E-state index in [2.05, 4.69) is 15.9 Å². The molecule has 3 nitrogen and oxygen atoms in total. The van der Waals surface area contributed by atoms with E-state index in [0.29, 0.717) is 10.2 Å². The van der Waals surface area contributed by atoms with E-state index >= 15 is 0 Å². The lowest BCUT2D eigenvalue weighted by Crippen LogP contribution is -2.50. The van der Waals surface area contributed by atoms with Gasteiger partial charge in [-0.15, -0.1) is 11.6 Å². The van der Waals surface area contributed by atoms with Crippen LogP contribution in [0.15, 0.2) is 77.3 Å². The average molecular weight is 465 g/mol. The summed E-state index contributed by atoms with van der Waals surface area (Å²) in [6.45, 7) is 0. The van der Waals surface area contributed by atoms with Crippen molar-refractivity contribution in [2.75, 3.05) is 4.90 Å². The fourth-order valence-corrected chi connectivity index (χ4v) is 6.59. The molecule has 3 aromatic rings. The zero-order valence-electron chi connectivity index (χ0n) is 15.2. The Morgan fingerprint density at radius 3 is 1.97 bits per heavy atom. The lowest BCUT2D eigenvalue weighted by molar-refractivity contribution is -0.122. The largest absolute Gasteiger partial charge is 0.274 e. The van der Waals surface area contributed by atoms with Gasteiger partial charge in [-0.25, -0.2) is 4.90 Å². The minimum Gasteiger partial charge on any atom is -0.274 e. The Balaban J connectivity index is 1.64. The first-order valence-electron chi connectivity index (χ1n) is 9.55. The number of benzene rings is 3. The fraction of sp³-hybridized carbons (Fsp3) is 0.167. The number of rotatable bonds is 1. The summed E-state index contributed by atoms with van der Waals surface area (Å²) in [7, 11) is 0. The highest BCUT2D eigenvalue weighted by Crippen LogP contribution is 2.66. The molecule has 1 heterocycles. The maximum Gasteiger partial charge on any atom is 0.240 e. The third kappa shape index (κ3) is 1.99. The van der Waals surface area contributed by atoms with Gasteiger partial charge in [0, 0.05) is 10.4 Å². The molecule has 2 atom stereocenters. The van der Waals surface area contributed by atoms with Gasteiger partial charge < -0.3 is 0 Å². The molecule has 7 rings (SSSR count). The quantitative estimate of drug-likeness (QED) is 0.367. The van der Waals surface area contributed by atoms with Crippen LogP contribution in [0.2, 0.25) is 0 Å². The number of para-hydroxylation sites is 1. The second-order valence-corrected chi connectivity index (χ2v) is 9.28. The van der Waals surface area contributed by atoms with Gasteiger partial charge in [0.15, 0.2) is 0 Å². The van der Waals surface area contributed by atoms with Crippen LogP contribution >= 0.6 is 27.5 Å². The van der Waals surface area contributed by atoms with Crippen molar-refractivity contribution in [3.8, 4) is 0 Å². The van der Waals surface area contributed by atoms with Gasteiger partial charge in [-0.3, -0.25) is 9.59 Å². The first kappa shape index (κ1) is 17.4.